The molecule has 0 aliphatic rings. The first-order chi connectivity index (χ1) is 15.6. The van der Waals surface area contributed by atoms with Crippen molar-refractivity contribution in [2.75, 3.05) is 6.61 Å². The van der Waals surface area contributed by atoms with Crippen molar-refractivity contribution in [3.05, 3.63) is 42.5 Å². The van der Waals surface area contributed by atoms with Gasteiger partial charge in [-0.25, -0.2) is 0 Å². The fraction of sp³-hybridized carbons (Fsp3) is 0.643. The summed E-state index contributed by atoms with van der Waals surface area (Å²) < 4.78 is 30.5. The van der Waals surface area contributed by atoms with Crippen LogP contribution in [-0.2, 0) is 14.3 Å². The second-order valence-corrected chi connectivity index (χ2v) is 10.6. The van der Waals surface area contributed by atoms with E-state index in [2.05, 4.69) is 6.92 Å². The molecule has 33 heavy (non-hydrogen) atoms. The topological polar surface area (TPSA) is 43.4 Å². The number of benzene rings is 2. The molecule has 1 radical (unpaired) electrons. The summed E-state index contributed by atoms with van der Waals surface area (Å²) in [6.45, 7) is 2.54. The van der Waals surface area contributed by atoms with Crippen molar-refractivity contribution in [1.29, 1.82) is 0 Å². The SMILES string of the molecule is CCCCCCCCCCCCCCCCCCOS(=O)(=O)c1cccc2ccccc12.[Na]. The zero-order valence-electron chi connectivity index (χ0n) is 21.2. The first-order valence-corrected chi connectivity index (χ1v) is 14.4. The molecule has 0 heterocycles. The molecule has 0 N–H and O–H groups in total. The van der Waals surface area contributed by atoms with E-state index in [-0.39, 0.29) is 41.1 Å². The maximum absolute atomic E-state index is 12.6. The van der Waals surface area contributed by atoms with Gasteiger partial charge in [0.15, 0.2) is 0 Å². The quantitative estimate of drug-likeness (QED) is 0.114. The Balaban J connectivity index is 0.00000544. The van der Waals surface area contributed by atoms with Gasteiger partial charge in [0, 0.05) is 34.9 Å². The maximum Gasteiger partial charge on any atom is 0.297 e. The molecule has 181 valence electrons. The summed E-state index contributed by atoms with van der Waals surface area (Å²) in [5, 5.41) is 1.64. The van der Waals surface area contributed by atoms with Gasteiger partial charge in [-0.3, -0.25) is 4.18 Å². The minimum absolute atomic E-state index is 0. The number of rotatable bonds is 19. The van der Waals surface area contributed by atoms with Gasteiger partial charge in [0.05, 0.1) is 6.61 Å². The third-order valence-electron chi connectivity index (χ3n) is 6.26. The van der Waals surface area contributed by atoms with E-state index in [1.165, 1.54) is 83.5 Å². The molecule has 0 aliphatic carbocycles. The van der Waals surface area contributed by atoms with Crippen LogP contribution in [0.3, 0.4) is 0 Å². The molecule has 0 saturated heterocycles. The van der Waals surface area contributed by atoms with Crippen molar-refractivity contribution < 1.29 is 12.6 Å². The average molecular weight is 484 g/mol. The Hall–Kier alpha value is -0.390. The van der Waals surface area contributed by atoms with E-state index in [0.717, 1.165) is 30.0 Å². The van der Waals surface area contributed by atoms with Crippen LogP contribution in [0.15, 0.2) is 47.4 Å². The molecule has 0 fully saturated rings. The van der Waals surface area contributed by atoms with Gasteiger partial charge in [0.1, 0.15) is 4.90 Å². The maximum atomic E-state index is 12.6. The van der Waals surface area contributed by atoms with Crippen molar-refractivity contribution in [2.45, 2.75) is 115 Å². The average Bonchev–Trinajstić information content (AvgIpc) is 2.80. The van der Waals surface area contributed by atoms with Gasteiger partial charge in [-0.1, -0.05) is 140 Å². The fourth-order valence-electron chi connectivity index (χ4n) is 4.30. The van der Waals surface area contributed by atoms with E-state index in [0.29, 0.717) is 0 Å². The Bertz CT molecular complexity index is 846. The molecular weight excluding hydrogens is 439 g/mol. The standard InChI is InChI=1S/C28H44O3S.Na/c1-2-3-4-5-6-7-8-9-10-11-12-13-14-15-16-19-25-31-32(29,30)28-24-20-22-26-21-17-18-23-27(26)28;/h17-18,20-24H,2-16,19,25H2,1H3;. The number of fused-ring (bicyclic) bond motifs is 1. The summed E-state index contributed by atoms with van der Waals surface area (Å²) >= 11 is 0. The van der Waals surface area contributed by atoms with E-state index in [4.69, 9.17) is 4.18 Å². The predicted octanol–water partition coefficient (Wildman–Crippen LogP) is 8.43. The molecule has 0 atom stereocenters. The second kappa shape index (κ2) is 18.9. The van der Waals surface area contributed by atoms with Gasteiger partial charge in [-0.05, 0) is 17.9 Å². The smallest absolute Gasteiger partial charge is 0.266 e. The third-order valence-corrected chi connectivity index (χ3v) is 7.63. The van der Waals surface area contributed by atoms with Crippen LogP contribution in [0.4, 0.5) is 0 Å². The summed E-state index contributed by atoms with van der Waals surface area (Å²) in [7, 11) is -3.71. The largest absolute Gasteiger partial charge is 0.297 e. The molecule has 2 aromatic carbocycles. The van der Waals surface area contributed by atoms with Crippen LogP contribution < -0.4 is 0 Å². The number of hydrogen-bond acceptors (Lipinski definition) is 3. The van der Waals surface area contributed by atoms with E-state index in [1.54, 1.807) is 12.1 Å². The van der Waals surface area contributed by atoms with Crippen molar-refractivity contribution >= 4 is 50.4 Å². The van der Waals surface area contributed by atoms with Crippen molar-refractivity contribution in [3.8, 4) is 0 Å². The van der Waals surface area contributed by atoms with Crippen LogP contribution in [0.5, 0.6) is 0 Å². The van der Waals surface area contributed by atoms with Crippen molar-refractivity contribution in [3.63, 3.8) is 0 Å². The van der Waals surface area contributed by atoms with Crippen LogP contribution >= 0.6 is 0 Å². The van der Waals surface area contributed by atoms with Crippen molar-refractivity contribution in [1.82, 2.24) is 0 Å². The number of hydrogen-bond donors (Lipinski definition) is 0. The molecule has 0 aliphatic heterocycles. The summed E-state index contributed by atoms with van der Waals surface area (Å²) in [6.07, 6.45) is 20.8. The van der Waals surface area contributed by atoms with Gasteiger partial charge in [-0.2, -0.15) is 8.42 Å². The van der Waals surface area contributed by atoms with Gasteiger partial charge in [-0.15, -0.1) is 0 Å². The first kappa shape index (κ1) is 30.6. The Kier molecular flexibility index (Phi) is 17.5. The summed E-state index contributed by atoms with van der Waals surface area (Å²) in [4.78, 5) is 0.270. The minimum atomic E-state index is -3.71. The Labute approximate surface area is 225 Å². The Morgan fingerprint density at radius 2 is 1.06 bits per heavy atom. The molecule has 2 aromatic rings. The van der Waals surface area contributed by atoms with E-state index in [1.807, 2.05) is 30.3 Å². The Morgan fingerprint density at radius 3 is 1.61 bits per heavy atom. The summed E-state index contributed by atoms with van der Waals surface area (Å²) in [5.74, 6) is 0. The molecule has 0 saturated carbocycles. The van der Waals surface area contributed by atoms with Gasteiger partial charge in [0.25, 0.3) is 10.1 Å². The molecule has 5 heteroatoms. The molecule has 0 aromatic heterocycles. The second-order valence-electron chi connectivity index (χ2n) is 9.06. The van der Waals surface area contributed by atoms with Crippen LogP contribution in [-0.4, -0.2) is 44.6 Å². The van der Waals surface area contributed by atoms with Crippen LogP contribution in [0.1, 0.15) is 110 Å². The van der Waals surface area contributed by atoms with Gasteiger partial charge < -0.3 is 0 Å². The Morgan fingerprint density at radius 1 is 0.606 bits per heavy atom. The third kappa shape index (κ3) is 12.8. The molecule has 2 rings (SSSR count). The molecular formula is C28H44NaO3S. The van der Waals surface area contributed by atoms with Gasteiger partial charge in [0.2, 0.25) is 0 Å². The predicted molar refractivity (Wildman–Crippen MR) is 142 cm³/mol. The number of unbranched alkanes of at least 4 members (excludes halogenated alkanes) is 15. The monoisotopic (exact) mass is 483 g/mol. The first-order valence-electron chi connectivity index (χ1n) is 13.0. The van der Waals surface area contributed by atoms with Gasteiger partial charge >= 0.3 is 0 Å². The summed E-state index contributed by atoms with van der Waals surface area (Å²) in [5.41, 5.74) is 0. The summed E-state index contributed by atoms with van der Waals surface area (Å²) in [6, 6.07) is 12.8. The van der Waals surface area contributed by atoms with E-state index >= 15 is 0 Å². The molecule has 0 amide bonds. The van der Waals surface area contributed by atoms with E-state index < -0.39 is 10.1 Å². The van der Waals surface area contributed by atoms with E-state index in [9.17, 15) is 8.42 Å². The normalized spacial score (nSPS) is 11.5. The zero-order chi connectivity index (χ0) is 22.9. The molecule has 0 spiro atoms. The van der Waals surface area contributed by atoms with Crippen LogP contribution in [0.2, 0.25) is 0 Å². The molecule has 3 nitrogen and oxygen atoms in total. The zero-order valence-corrected chi connectivity index (χ0v) is 24.0. The van der Waals surface area contributed by atoms with Crippen LogP contribution in [0.25, 0.3) is 10.8 Å². The van der Waals surface area contributed by atoms with Crippen LogP contribution in [0, 0.1) is 0 Å². The molecule has 0 bridgehead atoms. The molecule has 0 unspecified atom stereocenters. The minimum Gasteiger partial charge on any atom is -0.266 e. The van der Waals surface area contributed by atoms with Crippen molar-refractivity contribution in [2.24, 2.45) is 0 Å². The fourth-order valence-corrected chi connectivity index (χ4v) is 5.46.